The fourth-order valence-corrected chi connectivity index (χ4v) is 9.42. The van der Waals surface area contributed by atoms with Crippen molar-refractivity contribution in [1.29, 1.82) is 0 Å². The number of esters is 1. The van der Waals surface area contributed by atoms with Crippen molar-refractivity contribution in [2.75, 3.05) is 40.9 Å². The predicted molar refractivity (Wildman–Crippen MR) is 332 cm³/mol. The molecule has 0 aliphatic rings. The van der Waals surface area contributed by atoms with Crippen LogP contribution < -0.4 is 5.32 Å². The third-order valence-electron chi connectivity index (χ3n) is 13.6. The van der Waals surface area contributed by atoms with Crippen LogP contribution in [0, 0.1) is 0 Å². The van der Waals surface area contributed by atoms with E-state index in [9.17, 15) is 19.0 Å². The zero-order chi connectivity index (χ0) is 56.4. The van der Waals surface area contributed by atoms with Crippen molar-refractivity contribution in [2.45, 2.75) is 277 Å². The van der Waals surface area contributed by atoms with E-state index in [1.807, 2.05) is 33.3 Å². The van der Waals surface area contributed by atoms with Gasteiger partial charge >= 0.3 is 13.8 Å². The molecule has 0 aliphatic heterocycles. The van der Waals surface area contributed by atoms with Crippen LogP contribution in [0.1, 0.15) is 265 Å². The van der Waals surface area contributed by atoms with Crippen molar-refractivity contribution in [3.63, 3.8) is 0 Å². The number of nitrogens with one attached hydrogen (secondary N) is 1. The number of amides is 1. The number of phosphoric ester groups is 1. The zero-order valence-electron chi connectivity index (χ0n) is 50.7. The number of hydrogen-bond acceptors (Lipinski definition) is 6. The zero-order valence-corrected chi connectivity index (χ0v) is 51.6. The fourth-order valence-electron chi connectivity index (χ4n) is 8.69. The van der Waals surface area contributed by atoms with Crippen molar-refractivity contribution >= 4 is 19.7 Å². The number of carbonyl (C=O) groups is 2. The highest BCUT2D eigenvalue weighted by Crippen LogP contribution is 2.43. The lowest BCUT2D eigenvalue weighted by Crippen LogP contribution is -2.47. The van der Waals surface area contributed by atoms with Gasteiger partial charge in [-0.2, -0.15) is 0 Å². The van der Waals surface area contributed by atoms with Crippen LogP contribution in [-0.4, -0.2) is 74.3 Å². The quantitative estimate of drug-likeness (QED) is 0.0156. The smallest absolute Gasteiger partial charge is 0.456 e. The number of quaternary nitrogens is 1. The molecular formula is C67H120N2O7P+. The molecule has 0 aromatic carbocycles. The number of ether oxygens (including phenoxy) is 1. The number of nitrogens with zero attached hydrogens (tertiary/aromatic N) is 1. The van der Waals surface area contributed by atoms with Crippen LogP contribution in [0.15, 0.2) is 97.2 Å². The number of carbonyl (C=O) groups excluding carboxylic acids is 2. The second-order valence-electron chi connectivity index (χ2n) is 22.3. The Bertz CT molecular complexity index is 1640. The fraction of sp³-hybridized carbons (Fsp3) is 0.731. The van der Waals surface area contributed by atoms with E-state index in [1.54, 1.807) is 0 Å². The minimum Gasteiger partial charge on any atom is -0.456 e. The highest BCUT2D eigenvalue weighted by molar-refractivity contribution is 7.47. The molecule has 9 nitrogen and oxygen atoms in total. The molecule has 0 spiro atoms. The van der Waals surface area contributed by atoms with E-state index < -0.39 is 20.0 Å². The number of phosphoric acid groups is 1. The van der Waals surface area contributed by atoms with Gasteiger partial charge in [0, 0.05) is 12.8 Å². The van der Waals surface area contributed by atoms with E-state index in [0.29, 0.717) is 17.4 Å². The van der Waals surface area contributed by atoms with Gasteiger partial charge in [-0.05, 0) is 96.0 Å². The van der Waals surface area contributed by atoms with Crippen molar-refractivity contribution in [3.8, 4) is 0 Å². The minimum absolute atomic E-state index is 0.0323. The Balaban J connectivity index is 5.15. The second-order valence-corrected chi connectivity index (χ2v) is 23.7. The first-order chi connectivity index (χ1) is 37.4. The van der Waals surface area contributed by atoms with Gasteiger partial charge in [0.05, 0.1) is 33.8 Å². The van der Waals surface area contributed by atoms with E-state index >= 15 is 0 Å². The van der Waals surface area contributed by atoms with Gasteiger partial charge in [-0.15, -0.1) is 0 Å². The summed E-state index contributed by atoms with van der Waals surface area (Å²) in [5.74, 6) is -0.529. The third-order valence-corrected chi connectivity index (χ3v) is 14.6. The summed E-state index contributed by atoms with van der Waals surface area (Å²) >= 11 is 0. The van der Waals surface area contributed by atoms with Gasteiger partial charge in [0.25, 0.3) is 0 Å². The van der Waals surface area contributed by atoms with Crippen LogP contribution in [-0.2, 0) is 27.9 Å². The van der Waals surface area contributed by atoms with Gasteiger partial charge in [0.2, 0.25) is 5.91 Å². The molecule has 0 bridgehead atoms. The SMILES string of the molecule is CC/C=C/C=C/C=C/CCCCCCCCCC(=O)NC(COP(=O)(O)OCC[N+](C)(C)C)C(/C=C\CCCCCCCCCCC)OC(=O)CCCCCCCCCCC/C=C\C/C=C\C/C=C\C/C=C\CCCCC. The Morgan fingerprint density at radius 3 is 1.38 bits per heavy atom. The Kier molecular flexibility index (Phi) is 54.0. The Morgan fingerprint density at radius 1 is 0.481 bits per heavy atom. The molecule has 3 atom stereocenters. The van der Waals surface area contributed by atoms with Gasteiger partial charge in [-0.25, -0.2) is 4.57 Å². The van der Waals surface area contributed by atoms with E-state index in [0.717, 1.165) is 109 Å². The topological polar surface area (TPSA) is 111 Å². The van der Waals surface area contributed by atoms with Crippen LogP contribution in [0.4, 0.5) is 0 Å². The molecule has 0 aromatic heterocycles. The maximum Gasteiger partial charge on any atom is 0.472 e. The summed E-state index contributed by atoms with van der Waals surface area (Å²) in [5.41, 5.74) is 0. The van der Waals surface area contributed by atoms with Gasteiger partial charge in [-0.3, -0.25) is 18.6 Å². The number of allylic oxidation sites excluding steroid dienone is 15. The van der Waals surface area contributed by atoms with Gasteiger partial charge in [0.15, 0.2) is 0 Å². The van der Waals surface area contributed by atoms with Crippen LogP contribution >= 0.6 is 7.82 Å². The van der Waals surface area contributed by atoms with Crippen molar-refractivity contribution < 1.29 is 37.3 Å². The molecule has 3 unspecified atom stereocenters. The molecule has 2 N–H and O–H groups in total. The van der Waals surface area contributed by atoms with Gasteiger partial charge in [0.1, 0.15) is 19.3 Å². The Labute approximate surface area is 475 Å². The number of rotatable bonds is 56. The normalized spacial score (nSPS) is 14.3. The monoisotopic (exact) mass is 1100 g/mol. The molecule has 0 heterocycles. The van der Waals surface area contributed by atoms with Crippen molar-refractivity contribution in [1.82, 2.24) is 5.32 Å². The summed E-state index contributed by atoms with van der Waals surface area (Å²) in [4.78, 5) is 37.7. The molecule has 0 aromatic rings. The van der Waals surface area contributed by atoms with E-state index in [1.165, 1.54) is 122 Å². The van der Waals surface area contributed by atoms with Crippen LogP contribution in [0.3, 0.4) is 0 Å². The molecule has 0 aliphatic carbocycles. The maximum atomic E-state index is 13.5. The third kappa shape index (κ3) is 57.4. The molecule has 1 amide bonds. The van der Waals surface area contributed by atoms with Crippen molar-refractivity contribution in [3.05, 3.63) is 97.2 Å². The summed E-state index contributed by atoms with van der Waals surface area (Å²) in [6, 6.07) is -0.862. The maximum absolute atomic E-state index is 13.5. The molecule has 10 heteroatoms. The molecule has 0 saturated carbocycles. The summed E-state index contributed by atoms with van der Waals surface area (Å²) in [5, 5.41) is 3.04. The largest absolute Gasteiger partial charge is 0.472 e. The van der Waals surface area contributed by atoms with E-state index in [-0.39, 0.29) is 31.5 Å². The molecule has 77 heavy (non-hydrogen) atoms. The summed E-state index contributed by atoms with van der Waals surface area (Å²) in [6.45, 7) is 6.83. The summed E-state index contributed by atoms with van der Waals surface area (Å²) in [7, 11) is 1.47. The highest BCUT2D eigenvalue weighted by Gasteiger charge is 2.30. The summed E-state index contributed by atoms with van der Waals surface area (Å²) in [6.07, 6.45) is 75.5. The van der Waals surface area contributed by atoms with Gasteiger partial charge < -0.3 is 19.4 Å². The number of likely N-dealkylation sites (N-methyl/N-ethyl adjacent to an activating group) is 1. The number of unbranched alkanes of at least 4 members (excludes halogenated alkanes) is 28. The molecule has 444 valence electrons. The Morgan fingerprint density at radius 2 is 0.883 bits per heavy atom. The van der Waals surface area contributed by atoms with Gasteiger partial charge in [-0.1, -0.05) is 253 Å². The predicted octanol–water partition coefficient (Wildman–Crippen LogP) is 19.6. The average Bonchev–Trinajstić information content (AvgIpc) is 3.39. The molecule has 0 saturated heterocycles. The first-order valence-electron chi connectivity index (χ1n) is 31.6. The molecular weight excluding hydrogens is 976 g/mol. The number of hydrogen-bond donors (Lipinski definition) is 2. The highest BCUT2D eigenvalue weighted by atomic mass is 31.2. The average molecular weight is 1100 g/mol. The van der Waals surface area contributed by atoms with E-state index in [4.69, 9.17) is 13.8 Å². The second kappa shape index (κ2) is 56.2. The van der Waals surface area contributed by atoms with Crippen LogP contribution in [0.2, 0.25) is 0 Å². The lowest BCUT2D eigenvalue weighted by Gasteiger charge is -2.27. The van der Waals surface area contributed by atoms with Crippen LogP contribution in [0.5, 0.6) is 0 Å². The summed E-state index contributed by atoms with van der Waals surface area (Å²) < 4.78 is 30.7. The van der Waals surface area contributed by atoms with Crippen molar-refractivity contribution in [2.24, 2.45) is 0 Å². The lowest BCUT2D eigenvalue weighted by atomic mass is 10.0. The Hall–Kier alpha value is -3.07. The van der Waals surface area contributed by atoms with Crippen LogP contribution in [0.25, 0.3) is 0 Å². The standard InChI is InChI=1S/C67H119N2O7P/c1-7-10-13-16-19-22-25-27-29-30-31-32-33-34-35-36-37-38-40-42-45-48-51-54-57-60-67(71)76-65(58-55-52-49-46-43-24-21-18-15-12-9-3)64(63-75-77(72,73)74-62-61-69(4,5)6)68-66(70)59-56-53-50-47-44-41-39-28-26-23-20-17-14-11-8-2/h11,14,17,19-20,22-23,26-27,29,31-32,34-35,55,58,64-65H,7-10,12-13,15-16,18,21,24-25,28,30,33,36-54,56-57,59-63H2,1-6H3,(H-,68,70,72,73)/p+1/b14-11+,20-17+,22-19-,26-23+,29-27-,32-31-,35-34-,58-55-. The lowest BCUT2D eigenvalue weighted by molar-refractivity contribution is -0.870. The molecule has 0 rings (SSSR count). The molecule has 0 fully saturated rings. The first-order valence-corrected chi connectivity index (χ1v) is 33.1. The first kappa shape index (κ1) is 73.9. The minimum atomic E-state index is -4.46. The van der Waals surface area contributed by atoms with E-state index in [2.05, 4.69) is 111 Å². The molecule has 0 radical (unpaired) electrons.